The molecule has 1 saturated heterocycles. The van der Waals surface area contributed by atoms with Gasteiger partial charge in [-0.2, -0.15) is 4.31 Å². The molecule has 132 valence electrons. The van der Waals surface area contributed by atoms with Gasteiger partial charge in [0.15, 0.2) is 0 Å². The molecule has 0 spiro atoms. The van der Waals surface area contributed by atoms with Crippen molar-refractivity contribution >= 4 is 21.4 Å². The van der Waals surface area contributed by atoms with Gasteiger partial charge in [0.05, 0.1) is 9.82 Å². The number of anilines is 1. The van der Waals surface area contributed by atoms with Gasteiger partial charge in [0.1, 0.15) is 5.69 Å². The molecule has 1 saturated carbocycles. The third-order valence-electron chi connectivity index (χ3n) is 4.68. The van der Waals surface area contributed by atoms with E-state index < -0.39 is 14.9 Å². The van der Waals surface area contributed by atoms with E-state index in [1.807, 2.05) is 0 Å². The lowest BCUT2D eigenvalue weighted by molar-refractivity contribution is -0.384. The number of hydrogen-bond acceptors (Lipinski definition) is 5. The van der Waals surface area contributed by atoms with Gasteiger partial charge in [-0.15, -0.1) is 0 Å². The summed E-state index contributed by atoms with van der Waals surface area (Å²) in [6.07, 6.45) is 6.15. The quantitative estimate of drug-likeness (QED) is 0.601. The number of sulfonamides is 1. The molecule has 2 fully saturated rings. The summed E-state index contributed by atoms with van der Waals surface area (Å²) in [7, 11) is -3.66. The van der Waals surface area contributed by atoms with Crippen LogP contribution in [0, 0.1) is 16.0 Å². The van der Waals surface area contributed by atoms with Crippen molar-refractivity contribution in [3.8, 4) is 0 Å². The Hall–Kier alpha value is -1.67. The van der Waals surface area contributed by atoms with E-state index in [1.54, 1.807) is 0 Å². The Morgan fingerprint density at radius 2 is 1.92 bits per heavy atom. The maximum Gasteiger partial charge on any atom is 0.293 e. The number of rotatable bonds is 7. The molecule has 2 aliphatic rings. The summed E-state index contributed by atoms with van der Waals surface area (Å²) in [6.45, 7) is 1.64. The molecule has 1 heterocycles. The maximum absolute atomic E-state index is 12.7. The van der Waals surface area contributed by atoms with Crippen LogP contribution >= 0.6 is 0 Å². The van der Waals surface area contributed by atoms with Crippen LogP contribution in [-0.2, 0) is 10.0 Å². The second-order valence-electron chi connectivity index (χ2n) is 6.56. The van der Waals surface area contributed by atoms with E-state index in [9.17, 15) is 18.5 Å². The van der Waals surface area contributed by atoms with E-state index in [0.29, 0.717) is 25.3 Å². The van der Waals surface area contributed by atoms with Crippen LogP contribution in [0.2, 0.25) is 0 Å². The highest BCUT2D eigenvalue weighted by atomic mass is 32.2. The summed E-state index contributed by atoms with van der Waals surface area (Å²) in [4.78, 5) is 10.8. The Kier molecular flexibility index (Phi) is 5.05. The normalized spacial score (nSPS) is 19.2. The minimum absolute atomic E-state index is 0.00356. The highest BCUT2D eigenvalue weighted by Crippen LogP contribution is 2.33. The minimum Gasteiger partial charge on any atom is -0.379 e. The van der Waals surface area contributed by atoms with Crippen LogP contribution in [0.15, 0.2) is 23.1 Å². The summed E-state index contributed by atoms with van der Waals surface area (Å²) < 4.78 is 26.8. The smallest absolute Gasteiger partial charge is 0.293 e. The van der Waals surface area contributed by atoms with E-state index in [2.05, 4.69) is 5.32 Å². The molecule has 3 rings (SSSR count). The van der Waals surface area contributed by atoms with Crippen LogP contribution in [0.5, 0.6) is 0 Å². The molecule has 7 nitrogen and oxygen atoms in total. The number of nitro groups is 1. The van der Waals surface area contributed by atoms with E-state index in [0.717, 1.165) is 31.6 Å². The van der Waals surface area contributed by atoms with Crippen molar-refractivity contribution in [2.45, 2.75) is 43.4 Å². The zero-order chi connectivity index (χ0) is 17.2. The predicted molar refractivity (Wildman–Crippen MR) is 91.5 cm³/mol. The number of piperidine rings is 1. The van der Waals surface area contributed by atoms with Gasteiger partial charge in [-0.3, -0.25) is 10.1 Å². The Balaban J connectivity index is 1.80. The largest absolute Gasteiger partial charge is 0.379 e. The van der Waals surface area contributed by atoms with E-state index >= 15 is 0 Å². The van der Waals surface area contributed by atoms with Crippen LogP contribution in [-0.4, -0.2) is 37.3 Å². The van der Waals surface area contributed by atoms with Gasteiger partial charge < -0.3 is 5.32 Å². The number of nitrogens with one attached hydrogen (secondary N) is 1. The third-order valence-corrected chi connectivity index (χ3v) is 6.58. The molecule has 8 heteroatoms. The lowest BCUT2D eigenvalue weighted by Gasteiger charge is -2.25. The summed E-state index contributed by atoms with van der Waals surface area (Å²) in [5, 5.41) is 14.4. The minimum atomic E-state index is -3.66. The van der Waals surface area contributed by atoms with Crippen LogP contribution < -0.4 is 5.32 Å². The zero-order valence-electron chi connectivity index (χ0n) is 13.6. The molecule has 1 aromatic rings. The fraction of sp³-hybridized carbons (Fsp3) is 0.625. The van der Waals surface area contributed by atoms with Crippen molar-refractivity contribution in [3.05, 3.63) is 28.3 Å². The molecule has 0 unspecified atom stereocenters. The molecule has 0 amide bonds. The van der Waals surface area contributed by atoms with Gasteiger partial charge in [0, 0.05) is 25.7 Å². The van der Waals surface area contributed by atoms with Gasteiger partial charge in [-0.05, 0) is 37.3 Å². The number of nitro benzene ring substituents is 1. The number of nitrogens with zero attached hydrogens (tertiary/aromatic N) is 2. The fourth-order valence-corrected chi connectivity index (χ4v) is 4.58. The molecule has 1 aromatic carbocycles. The molecule has 0 bridgehead atoms. The van der Waals surface area contributed by atoms with E-state index in [4.69, 9.17) is 0 Å². The highest BCUT2D eigenvalue weighted by molar-refractivity contribution is 7.89. The van der Waals surface area contributed by atoms with Gasteiger partial charge >= 0.3 is 0 Å². The van der Waals surface area contributed by atoms with Crippen molar-refractivity contribution in [2.75, 3.05) is 25.0 Å². The molecular formula is C16H23N3O4S. The Bertz CT molecular complexity index is 710. The summed E-state index contributed by atoms with van der Waals surface area (Å²) >= 11 is 0. The molecule has 1 N–H and O–H groups in total. The van der Waals surface area contributed by atoms with Crippen LogP contribution in [0.3, 0.4) is 0 Å². The van der Waals surface area contributed by atoms with Gasteiger partial charge in [-0.1, -0.05) is 19.3 Å². The number of benzene rings is 1. The second-order valence-corrected chi connectivity index (χ2v) is 8.50. The SMILES string of the molecule is O=[N+]([O-])c1cc(S(=O)(=O)N2CCCCC2)ccc1NCCC1CC1. The van der Waals surface area contributed by atoms with Crippen molar-refractivity contribution in [2.24, 2.45) is 5.92 Å². The molecule has 1 aliphatic carbocycles. The average molecular weight is 353 g/mol. The van der Waals surface area contributed by atoms with Crippen LogP contribution in [0.25, 0.3) is 0 Å². The predicted octanol–water partition coefficient (Wildman–Crippen LogP) is 2.98. The first-order valence-corrected chi connectivity index (χ1v) is 9.95. The van der Waals surface area contributed by atoms with E-state index in [1.165, 1.54) is 35.3 Å². The van der Waals surface area contributed by atoms with Crippen molar-refractivity contribution in [3.63, 3.8) is 0 Å². The molecule has 0 radical (unpaired) electrons. The zero-order valence-corrected chi connectivity index (χ0v) is 14.4. The topological polar surface area (TPSA) is 92.5 Å². The first kappa shape index (κ1) is 17.2. The second kappa shape index (κ2) is 7.06. The van der Waals surface area contributed by atoms with Crippen molar-refractivity contribution < 1.29 is 13.3 Å². The van der Waals surface area contributed by atoms with Crippen LogP contribution in [0.1, 0.15) is 38.5 Å². The first-order chi connectivity index (χ1) is 11.5. The van der Waals surface area contributed by atoms with Crippen LogP contribution in [0.4, 0.5) is 11.4 Å². The lowest BCUT2D eigenvalue weighted by atomic mass is 10.2. The first-order valence-electron chi connectivity index (χ1n) is 8.51. The van der Waals surface area contributed by atoms with Crippen molar-refractivity contribution in [1.82, 2.24) is 4.31 Å². The molecule has 0 aromatic heterocycles. The van der Waals surface area contributed by atoms with Gasteiger partial charge in [0.25, 0.3) is 5.69 Å². The van der Waals surface area contributed by atoms with Gasteiger partial charge in [-0.25, -0.2) is 8.42 Å². The number of hydrogen-bond donors (Lipinski definition) is 1. The molecule has 0 atom stereocenters. The van der Waals surface area contributed by atoms with E-state index in [-0.39, 0.29) is 10.6 Å². The Labute approximate surface area is 142 Å². The highest BCUT2D eigenvalue weighted by Gasteiger charge is 2.28. The molecule has 1 aliphatic heterocycles. The standard InChI is InChI=1S/C16H23N3O4S/c20-19(21)16-12-14(24(22,23)18-10-2-1-3-11-18)6-7-15(16)17-9-8-13-4-5-13/h6-7,12-13,17H,1-5,8-11H2. The maximum atomic E-state index is 12.7. The molecule has 24 heavy (non-hydrogen) atoms. The molecular weight excluding hydrogens is 330 g/mol. The Morgan fingerprint density at radius 1 is 1.21 bits per heavy atom. The van der Waals surface area contributed by atoms with Gasteiger partial charge in [0.2, 0.25) is 10.0 Å². The summed E-state index contributed by atoms with van der Waals surface area (Å²) in [5.74, 6) is 0.732. The Morgan fingerprint density at radius 3 is 2.54 bits per heavy atom. The average Bonchev–Trinajstić information content (AvgIpc) is 3.40. The summed E-state index contributed by atoms with van der Waals surface area (Å²) in [6, 6.07) is 4.17. The summed E-state index contributed by atoms with van der Waals surface area (Å²) in [5.41, 5.74) is 0.210. The monoisotopic (exact) mass is 353 g/mol. The third kappa shape index (κ3) is 3.87. The fourth-order valence-electron chi connectivity index (χ4n) is 3.04. The van der Waals surface area contributed by atoms with Crippen molar-refractivity contribution in [1.29, 1.82) is 0 Å². The lowest BCUT2D eigenvalue weighted by Crippen LogP contribution is -2.35.